The Labute approximate surface area is 113 Å². The van der Waals surface area contributed by atoms with Crippen LogP contribution in [0.15, 0.2) is 37.4 Å². The molecule has 0 atom stereocenters. The zero-order chi connectivity index (χ0) is 14.3. The second-order valence-electron chi connectivity index (χ2n) is 3.70. The Balaban J connectivity index is 3.32. The van der Waals surface area contributed by atoms with Gasteiger partial charge in [-0.15, -0.1) is 6.58 Å². The molecule has 0 saturated heterocycles. The molecule has 1 aromatic rings. The van der Waals surface area contributed by atoms with Gasteiger partial charge in [0, 0.05) is 5.56 Å². The van der Waals surface area contributed by atoms with Crippen molar-refractivity contribution < 1.29 is 19.0 Å². The monoisotopic (exact) mass is 262 g/mol. The van der Waals surface area contributed by atoms with E-state index in [1.54, 1.807) is 25.3 Å². The third kappa shape index (κ3) is 3.37. The third-order valence-electron chi connectivity index (χ3n) is 2.56. The smallest absolute Gasteiger partial charge is 0.342 e. The first kappa shape index (κ1) is 14.8. The zero-order valence-corrected chi connectivity index (χ0v) is 11.3. The van der Waals surface area contributed by atoms with E-state index in [9.17, 15) is 4.79 Å². The number of hydrogen-bond donors (Lipinski definition) is 0. The van der Waals surface area contributed by atoms with Crippen LogP contribution in [0.4, 0.5) is 0 Å². The average molecular weight is 262 g/mol. The molecule has 0 fully saturated rings. The molecule has 0 amide bonds. The van der Waals surface area contributed by atoms with Gasteiger partial charge in [0.15, 0.2) is 0 Å². The molecule has 1 rings (SSSR count). The Hall–Kier alpha value is -2.23. The van der Waals surface area contributed by atoms with Crippen LogP contribution in [0.25, 0.3) is 0 Å². The molecule has 4 nitrogen and oxygen atoms in total. The van der Waals surface area contributed by atoms with E-state index in [-0.39, 0.29) is 6.61 Å². The normalized spacial score (nSPS) is 9.58. The summed E-state index contributed by atoms with van der Waals surface area (Å²) in [5.41, 5.74) is 1.06. The predicted molar refractivity (Wildman–Crippen MR) is 73.9 cm³/mol. The molecule has 0 spiro atoms. The molecule has 0 heterocycles. The van der Waals surface area contributed by atoms with Gasteiger partial charge in [-0.05, 0) is 18.6 Å². The van der Waals surface area contributed by atoms with Gasteiger partial charge in [-0.3, -0.25) is 0 Å². The number of esters is 1. The molecule has 0 aliphatic carbocycles. The summed E-state index contributed by atoms with van der Waals surface area (Å²) in [6.45, 7) is 7.34. The number of carbonyl (C=O) groups is 1. The average Bonchev–Trinajstić information content (AvgIpc) is 2.44. The van der Waals surface area contributed by atoms with E-state index in [1.165, 1.54) is 13.2 Å². The van der Waals surface area contributed by atoms with E-state index >= 15 is 0 Å². The molecule has 0 radical (unpaired) electrons. The number of benzene rings is 1. The van der Waals surface area contributed by atoms with E-state index in [1.807, 2.05) is 0 Å². The second kappa shape index (κ2) is 7.26. The Bertz CT molecular complexity index is 477. The van der Waals surface area contributed by atoms with Crippen LogP contribution in [0.3, 0.4) is 0 Å². The lowest BCUT2D eigenvalue weighted by Crippen LogP contribution is -2.11. The zero-order valence-electron chi connectivity index (χ0n) is 11.3. The van der Waals surface area contributed by atoms with Crippen LogP contribution in [0.1, 0.15) is 15.9 Å². The van der Waals surface area contributed by atoms with Gasteiger partial charge >= 0.3 is 5.97 Å². The Morgan fingerprint density at radius 3 is 2.32 bits per heavy atom. The summed E-state index contributed by atoms with van der Waals surface area (Å²) in [6, 6.07) is 3.43. The van der Waals surface area contributed by atoms with Gasteiger partial charge in [0.2, 0.25) is 0 Å². The fourth-order valence-electron chi connectivity index (χ4n) is 1.75. The highest BCUT2D eigenvalue weighted by Gasteiger charge is 2.21. The highest BCUT2D eigenvalue weighted by molar-refractivity contribution is 5.95. The van der Waals surface area contributed by atoms with Gasteiger partial charge in [-0.1, -0.05) is 18.7 Å². The highest BCUT2D eigenvalue weighted by atomic mass is 16.5. The van der Waals surface area contributed by atoms with Crippen molar-refractivity contribution in [3.05, 3.63) is 48.6 Å². The summed E-state index contributed by atoms with van der Waals surface area (Å²) < 4.78 is 15.6. The summed E-state index contributed by atoms with van der Waals surface area (Å²) in [6.07, 6.45) is 3.69. The van der Waals surface area contributed by atoms with E-state index in [4.69, 9.17) is 14.2 Å². The number of ether oxygens (including phenoxy) is 3. The molecular formula is C15H18O4. The van der Waals surface area contributed by atoms with Crippen molar-refractivity contribution in [3.8, 4) is 11.5 Å². The van der Waals surface area contributed by atoms with Crippen LogP contribution in [0.2, 0.25) is 0 Å². The van der Waals surface area contributed by atoms with Gasteiger partial charge < -0.3 is 14.2 Å². The number of hydrogen-bond acceptors (Lipinski definition) is 4. The molecule has 0 aromatic heterocycles. The fraction of sp³-hybridized carbons (Fsp3) is 0.267. The Kier molecular flexibility index (Phi) is 5.67. The largest absolute Gasteiger partial charge is 0.496 e. The summed E-state index contributed by atoms with van der Waals surface area (Å²) in [4.78, 5) is 12.1. The van der Waals surface area contributed by atoms with Crippen molar-refractivity contribution in [2.45, 2.75) is 6.42 Å². The molecule has 19 heavy (non-hydrogen) atoms. The SMILES string of the molecule is C=CCOC(=O)c1c(OC)ccc(OC)c1CC=C. The second-order valence-corrected chi connectivity index (χ2v) is 3.70. The van der Waals surface area contributed by atoms with Crippen LogP contribution < -0.4 is 9.47 Å². The third-order valence-corrected chi connectivity index (χ3v) is 2.56. The summed E-state index contributed by atoms with van der Waals surface area (Å²) in [5.74, 6) is 0.588. The van der Waals surface area contributed by atoms with Crippen molar-refractivity contribution >= 4 is 5.97 Å². The quantitative estimate of drug-likeness (QED) is 0.560. The van der Waals surface area contributed by atoms with Crippen molar-refractivity contribution in [1.82, 2.24) is 0 Å². The number of methoxy groups -OCH3 is 2. The van der Waals surface area contributed by atoms with Crippen molar-refractivity contribution in [2.75, 3.05) is 20.8 Å². The molecule has 0 bridgehead atoms. The Morgan fingerprint density at radius 2 is 1.79 bits per heavy atom. The van der Waals surface area contributed by atoms with Crippen LogP contribution in [-0.2, 0) is 11.2 Å². The predicted octanol–water partition coefficient (Wildman–Crippen LogP) is 2.78. The molecule has 1 aromatic carbocycles. The van der Waals surface area contributed by atoms with Crippen LogP contribution in [0.5, 0.6) is 11.5 Å². The van der Waals surface area contributed by atoms with Crippen molar-refractivity contribution in [1.29, 1.82) is 0 Å². The van der Waals surface area contributed by atoms with Gasteiger partial charge in [0.1, 0.15) is 23.7 Å². The molecule has 0 aliphatic rings. The number of carbonyl (C=O) groups excluding carboxylic acids is 1. The number of rotatable bonds is 7. The molecule has 102 valence electrons. The van der Waals surface area contributed by atoms with E-state index < -0.39 is 5.97 Å². The topological polar surface area (TPSA) is 44.8 Å². The van der Waals surface area contributed by atoms with Crippen LogP contribution >= 0.6 is 0 Å². The van der Waals surface area contributed by atoms with Gasteiger partial charge in [-0.2, -0.15) is 0 Å². The van der Waals surface area contributed by atoms with E-state index in [2.05, 4.69) is 13.2 Å². The lowest BCUT2D eigenvalue weighted by Gasteiger charge is -2.15. The first-order chi connectivity index (χ1) is 9.19. The van der Waals surface area contributed by atoms with E-state index in [0.29, 0.717) is 29.0 Å². The first-order valence-electron chi connectivity index (χ1n) is 5.82. The lowest BCUT2D eigenvalue weighted by molar-refractivity contribution is 0.0544. The van der Waals surface area contributed by atoms with Crippen molar-refractivity contribution in [3.63, 3.8) is 0 Å². The van der Waals surface area contributed by atoms with E-state index in [0.717, 1.165) is 0 Å². The standard InChI is InChI=1S/C15H18O4/c1-5-7-11-12(17-3)8-9-13(18-4)14(11)15(16)19-10-6-2/h5-6,8-9H,1-2,7,10H2,3-4H3. The highest BCUT2D eigenvalue weighted by Crippen LogP contribution is 2.31. The van der Waals surface area contributed by atoms with Gasteiger partial charge in [0.05, 0.1) is 14.2 Å². The molecular weight excluding hydrogens is 244 g/mol. The van der Waals surface area contributed by atoms with Gasteiger partial charge in [0.25, 0.3) is 0 Å². The molecule has 4 heteroatoms. The minimum absolute atomic E-state index is 0.146. The summed E-state index contributed by atoms with van der Waals surface area (Å²) in [5, 5.41) is 0. The molecule has 0 saturated carbocycles. The molecule has 0 unspecified atom stereocenters. The molecule has 0 N–H and O–H groups in total. The van der Waals surface area contributed by atoms with Crippen LogP contribution in [0, 0.1) is 0 Å². The maximum Gasteiger partial charge on any atom is 0.342 e. The fourth-order valence-corrected chi connectivity index (χ4v) is 1.75. The maximum atomic E-state index is 12.1. The number of allylic oxidation sites excluding steroid dienone is 1. The molecule has 0 aliphatic heterocycles. The van der Waals surface area contributed by atoms with Crippen molar-refractivity contribution in [2.24, 2.45) is 0 Å². The lowest BCUT2D eigenvalue weighted by atomic mass is 10.0. The maximum absolute atomic E-state index is 12.1. The minimum atomic E-state index is -0.465. The summed E-state index contributed by atoms with van der Waals surface area (Å²) in [7, 11) is 3.05. The van der Waals surface area contributed by atoms with Crippen LogP contribution in [-0.4, -0.2) is 26.8 Å². The van der Waals surface area contributed by atoms with Gasteiger partial charge in [-0.25, -0.2) is 4.79 Å². The first-order valence-corrected chi connectivity index (χ1v) is 5.82. The summed E-state index contributed by atoms with van der Waals surface area (Å²) >= 11 is 0. The minimum Gasteiger partial charge on any atom is -0.496 e. The Morgan fingerprint density at radius 1 is 1.16 bits per heavy atom.